The van der Waals surface area contributed by atoms with Crippen LogP contribution in [0.25, 0.3) is 0 Å². The second kappa shape index (κ2) is 14.3. The zero-order chi connectivity index (χ0) is 29.4. The summed E-state index contributed by atoms with van der Waals surface area (Å²) >= 11 is 12.9. The molecule has 0 heterocycles. The highest BCUT2D eigenvalue weighted by Crippen LogP contribution is 2.34. The molecule has 40 heavy (non-hydrogen) atoms. The monoisotopic (exact) mass is 613 g/mol. The summed E-state index contributed by atoms with van der Waals surface area (Å²) in [6, 6.07) is 8.77. The van der Waals surface area contributed by atoms with Crippen molar-refractivity contribution in [1.29, 1.82) is 0 Å². The third-order valence-electron chi connectivity index (χ3n) is 7.06. The molecule has 1 aliphatic carbocycles. The van der Waals surface area contributed by atoms with E-state index in [-0.39, 0.29) is 29.9 Å². The van der Waals surface area contributed by atoms with Crippen LogP contribution < -0.4 is 19.1 Å². The van der Waals surface area contributed by atoms with Crippen LogP contribution in [0.4, 0.5) is 5.69 Å². The lowest BCUT2D eigenvalue weighted by atomic mass is 9.95. The molecule has 2 amide bonds. The number of anilines is 1. The number of amides is 2. The molecule has 0 spiro atoms. The fraction of sp³-hybridized carbons (Fsp3) is 0.500. The van der Waals surface area contributed by atoms with Crippen LogP contribution in [-0.2, 0) is 26.2 Å². The first-order valence-electron chi connectivity index (χ1n) is 13.2. The van der Waals surface area contributed by atoms with Crippen molar-refractivity contribution in [1.82, 2.24) is 10.2 Å². The Morgan fingerprint density at radius 3 is 2.25 bits per heavy atom. The van der Waals surface area contributed by atoms with Crippen molar-refractivity contribution in [2.45, 2.75) is 64.1 Å². The number of ether oxygens (including phenoxy) is 2. The normalized spacial score (nSPS) is 14.8. The summed E-state index contributed by atoms with van der Waals surface area (Å²) in [6.45, 7) is 1.16. The van der Waals surface area contributed by atoms with E-state index in [1.807, 2.05) is 0 Å². The van der Waals surface area contributed by atoms with Gasteiger partial charge in [-0.15, -0.1) is 0 Å². The van der Waals surface area contributed by atoms with Gasteiger partial charge in [0.15, 0.2) is 0 Å². The second-order valence-corrected chi connectivity index (χ2v) is 12.5. The minimum atomic E-state index is -3.95. The molecule has 1 fully saturated rings. The molecule has 1 N–H and O–H groups in total. The lowest BCUT2D eigenvalue weighted by Gasteiger charge is -2.34. The SMILES string of the molecule is CC[C@H](C(=O)NC1CCCCC1)N(Cc1c(Cl)cccc1Cl)C(=O)CN(c1ccc(OC)cc1OC)S(C)(=O)=O. The average molecular weight is 615 g/mol. The predicted octanol–water partition coefficient (Wildman–Crippen LogP) is 5.03. The average Bonchev–Trinajstić information content (AvgIpc) is 2.92. The van der Waals surface area contributed by atoms with E-state index in [2.05, 4.69) is 5.32 Å². The predicted molar refractivity (Wildman–Crippen MR) is 158 cm³/mol. The third-order valence-corrected chi connectivity index (χ3v) is 8.90. The maximum atomic E-state index is 14.0. The van der Waals surface area contributed by atoms with Crippen LogP contribution in [0.1, 0.15) is 51.0 Å². The molecule has 220 valence electrons. The van der Waals surface area contributed by atoms with Gasteiger partial charge in [0.25, 0.3) is 0 Å². The zero-order valence-electron chi connectivity index (χ0n) is 23.3. The van der Waals surface area contributed by atoms with Crippen molar-refractivity contribution >= 4 is 50.7 Å². The van der Waals surface area contributed by atoms with E-state index >= 15 is 0 Å². The lowest BCUT2D eigenvalue weighted by molar-refractivity contribution is -0.140. The highest BCUT2D eigenvalue weighted by molar-refractivity contribution is 7.92. The summed E-state index contributed by atoms with van der Waals surface area (Å²) in [5.41, 5.74) is 0.630. The number of halogens is 2. The van der Waals surface area contributed by atoms with Gasteiger partial charge >= 0.3 is 0 Å². The van der Waals surface area contributed by atoms with E-state index in [1.54, 1.807) is 31.2 Å². The van der Waals surface area contributed by atoms with Gasteiger partial charge in [-0.3, -0.25) is 13.9 Å². The van der Waals surface area contributed by atoms with Crippen LogP contribution >= 0.6 is 23.2 Å². The van der Waals surface area contributed by atoms with Crippen molar-refractivity contribution in [2.75, 3.05) is 31.3 Å². The number of nitrogens with zero attached hydrogens (tertiary/aromatic N) is 2. The molecule has 2 aromatic carbocycles. The highest BCUT2D eigenvalue weighted by atomic mass is 35.5. The maximum Gasteiger partial charge on any atom is 0.244 e. The number of benzene rings is 2. The van der Waals surface area contributed by atoms with Gasteiger partial charge in [-0.25, -0.2) is 8.42 Å². The Morgan fingerprint density at radius 1 is 1.05 bits per heavy atom. The van der Waals surface area contributed by atoms with Gasteiger partial charge in [0.1, 0.15) is 24.1 Å². The molecule has 1 aliphatic rings. The molecule has 0 bridgehead atoms. The van der Waals surface area contributed by atoms with Crippen molar-refractivity contribution < 1.29 is 27.5 Å². The summed E-state index contributed by atoms with van der Waals surface area (Å²) in [4.78, 5) is 28.9. The minimum absolute atomic E-state index is 0.0345. The van der Waals surface area contributed by atoms with Gasteiger partial charge in [-0.2, -0.15) is 0 Å². The molecule has 12 heteroatoms. The first kappa shape index (κ1) is 31.8. The van der Waals surface area contributed by atoms with Gasteiger partial charge in [0.05, 0.1) is 26.2 Å². The number of sulfonamides is 1. The van der Waals surface area contributed by atoms with E-state index in [1.165, 1.54) is 31.3 Å². The van der Waals surface area contributed by atoms with Crippen LogP contribution in [0.5, 0.6) is 11.5 Å². The number of methoxy groups -OCH3 is 2. The summed E-state index contributed by atoms with van der Waals surface area (Å²) < 4.78 is 37.5. The summed E-state index contributed by atoms with van der Waals surface area (Å²) in [7, 11) is -1.07. The van der Waals surface area contributed by atoms with Gasteiger partial charge in [-0.1, -0.05) is 55.5 Å². The standard InChI is InChI=1S/C28H37Cl2N3O6S/c1-5-24(28(35)31-19-10-7-6-8-11-19)32(17-21-22(29)12-9-13-23(21)30)27(34)18-33(40(4,36)37)25-15-14-20(38-2)16-26(25)39-3/h9,12-16,19,24H,5-8,10-11,17-18H2,1-4H3,(H,31,35)/t24-/m1/s1. The summed E-state index contributed by atoms with van der Waals surface area (Å²) in [5.74, 6) is -0.218. The number of carbonyl (C=O) groups excluding carboxylic acids is 2. The van der Waals surface area contributed by atoms with E-state index in [9.17, 15) is 18.0 Å². The number of carbonyl (C=O) groups is 2. The van der Waals surface area contributed by atoms with Crippen molar-refractivity contribution in [3.8, 4) is 11.5 Å². The molecule has 9 nitrogen and oxygen atoms in total. The topological polar surface area (TPSA) is 105 Å². The number of hydrogen-bond acceptors (Lipinski definition) is 6. The smallest absolute Gasteiger partial charge is 0.244 e. The Balaban J connectivity index is 2.00. The summed E-state index contributed by atoms with van der Waals surface area (Å²) in [5, 5.41) is 3.78. The van der Waals surface area contributed by atoms with E-state index in [0.717, 1.165) is 42.7 Å². The van der Waals surface area contributed by atoms with Crippen molar-refractivity contribution in [2.24, 2.45) is 0 Å². The molecular formula is C28H37Cl2N3O6S. The Bertz CT molecular complexity index is 1280. The van der Waals surface area contributed by atoms with Gasteiger partial charge in [0, 0.05) is 34.3 Å². The van der Waals surface area contributed by atoms with Gasteiger partial charge < -0.3 is 19.7 Å². The lowest BCUT2D eigenvalue weighted by Crippen LogP contribution is -2.54. The Hall–Kier alpha value is -2.69. The first-order valence-corrected chi connectivity index (χ1v) is 15.8. The number of rotatable bonds is 12. The highest BCUT2D eigenvalue weighted by Gasteiger charge is 2.34. The molecule has 0 radical (unpaired) electrons. The molecule has 1 atom stereocenters. The molecule has 2 aromatic rings. The van der Waals surface area contributed by atoms with E-state index in [4.69, 9.17) is 32.7 Å². The van der Waals surface area contributed by atoms with Crippen LogP contribution in [-0.4, -0.2) is 64.2 Å². The Morgan fingerprint density at radius 2 is 1.70 bits per heavy atom. The number of nitrogens with one attached hydrogen (secondary N) is 1. The molecule has 0 unspecified atom stereocenters. The molecule has 0 aromatic heterocycles. The zero-order valence-corrected chi connectivity index (χ0v) is 25.6. The first-order chi connectivity index (χ1) is 19.0. The largest absolute Gasteiger partial charge is 0.497 e. The third kappa shape index (κ3) is 7.95. The molecule has 0 aliphatic heterocycles. The Labute approximate surface area is 246 Å². The van der Waals surface area contributed by atoms with Crippen LogP contribution in [0.3, 0.4) is 0 Å². The molecule has 1 saturated carbocycles. The fourth-order valence-electron chi connectivity index (χ4n) is 4.90. The molecule has 3 rings (SSSR count). The van der Waals surface area contributed by atoms with E-state index in [0.29, 0.717) is 27.8 Å². The number of hydrogen-bond donors (Lipinski definition) is 1. The maximum absolute atomic E-state index is 14.0. The van der Waals surface area contributed by atoms with Gasteiger partial charge in [0.2, 0.25) is 21.8 Å². The molecule has 0 saturated heterocycles. The Kier molecular flexibility index (Phi) is 11.4. The fourth-order valence-corrected chi connectivity index (χ4v) is 6.27. The molecular weight excluding hydrogens is 577 g/mol. The quantitative estimate of drug-likeness (QED) is 0.360. The van der Waals surface area contributed by atoms with Crippen molar-refractivity contribution in [3.63, 3.8) is 0 Å². The van der Waals surface area contributed by atoms with Crippen LogP contribution in [0, 0.1) is 0 Å². The minimum Gasteiger partial charge on any atom is -0.497 e. The summed E-state index contributed by atoms with van der Waals surface area (Å²) in [6.07, 6.45) is 6.27. The van der Waals surface area contributed by atoms with E-state index < -0.39 is 28.5 Å². The van der Waals surface area contributed by atoms with Gasteiger partial charge in [-0.05, 0) is 43.5 Å². The second-order valence-electron chi connectivity index (χ2n) is 9.80. The van der Waals surface area contributed by atoms with Crippen molar-refractivity contribution in [3.05, 3.63) is 52.0 Å². The van der Waals surface area contributed by atoms with Crippen LogP contribution in [0.2, 0.25) is 10.0 Å². The van der Waals surface area contributed by atoms with Crippen LogP contribution in [0.15, 0.2) is 36.4 Å².